The number of hydrogen-bond donors (Lipinski definition) is 0. The Hall–Kier alpha value is -7.56. The smallest absolute Gasteiger partial charge is 0.0541 e. The molecule has 0 unspecified atom stereocenters. The quantitative estimate of drug-likeness (QED) is 0.164. The first-order chi connectivity index (χ1) is 30.0. The van der Waals surface area contributed by atoms with Crippen LogP contribution in [0.2, 0.25) is 0 Å². The van der Waals surface area contributed by atoms with E-state index in [2.05, 4.69) is 227 Å². The van der Waals surface area contributed by atoms with Gasteiger partial charge >= 0.3 is 0 Å². The number of rotatable bonds is 6. The molecule has 0 bridgehead atoms. The van der Waals surface area contributed by atoms with Crippen LogP contribution in [0.25, 0.3) is 77.7 Å². The second kappa shape index (κ2) is 13.8. The summed E-state index contributed by atoms with van der Waals surface area (Å²) in [5, 5.41) is 6.38. The van der Waals surface area contributed by atoms with Crippen LogP contribution < -0.4 is 4.90 Å². The Labute approximate surface area is 355 Å². The molecule has 4 nitrogen and oxygen atoms in total. The molecular formula is C57H44N4. The number of para-hydroxylation sites is 5. The zero-order valence-electron chi connectivity index (χ0n) is 34.6. The van der Waals surface area contributed by atoms with Crippen LogP contribution in [0.3, 0.4) is 0 Å². The van der Waals surface area contributed by atoms with Gasteiger partial charge in [-0.1, -0.05) is 103 Å². The zero-order valence-corrected chi connectivity index (χ0v) is 34.6. The summed E-state index contributed by atoms with van der Waals surface area (Å²) < 4.78 is 7.32. The maximum absolute atomic E-state index is 2.49. The molecule has 3 heterocycles. The van der Waals surface area contributed by atoms with Crippen molar-refractivity contribution in [2.24, 2.45) is 0 Å². The molecular weight excluding hydrogens is 741 g/mol. The summed E-state index contributed by atoms with van der Waals surface area (Å²) in [6.45, 7) is 6.79. The SMILES string of the molecule is Cc1cc(-n2c3c(c4ccccc42)C=CCC3)ccc1N(c1ccc(-n2c3ccccc3c3ccccc32)cc1C)c1ccc(-n2c3ccccc3c3ccccc32)cc1C. The van der Waals surface area contributed by atoms with Crippen LogP contribution in [0.5, 0.6) is 0 Å². The molecule has 0 saturated carbocycles. The van der Waals surface area contributed by atoms with E-state index in [0.717, 1.165) is 41.3 Å². The number of benzene rings is 8. The zero-order chi connectivity index (χ0) is 40.8. The fourth-order valence-electron chi connectivity index (χ4n) is 10.3. The topological polar surface area (TPSA) is 18.0 Å². The lowest BCUT2D eigenvalue weighted by atomic mass is 10.0. The Kier molecular flexibility index (Phi) is 7.98. The van der Waals surface area contributed by atoms with Crippen LogP contribution in [0.15, 0.2) is 182 Å². The van der Waals surface area contributed by atoms with Crippen LogP contribution in [0.1, 0.15) is 34.4 Å². The summed E-state index contributed by atoms with van der Waals surface area (Å²) in [6.07, 6.45) is 6.72. The summed E-state index contributed by atoms with van der Waals surface area (Å²) in [6, 6.07) is 64.8. The highest BCUT2D eigenvalue weighted by atomic mass is 15.2. The standard InChI is InChI=1S/C57H44N4/c1-37-34-40(58-52-22-10-4-16-43(52)44-17-5-11-23-53(44)58)28-31-49(37)61(50-32-29-41(35-38(50)2)59-54-24-12-6-18-45(54)46-19-7-13-25-55(46)59)51-33-30-42(36-39(51)3)60-56-26-14-8-20-47(56)48-21-9-15-27-57(48)60/h4-14,16-26,28-36H,15,27H2,1-3H3. The van der Waals surface area contributed by atoms with Gasteiger partial charge in [-0.25, -0.2) is 0 Å². The Morgan fingerprint density at radius 3 is 1.11 bits per heavy atom. The van der Waals surface area contributed by atoms with Gasteiger partial charge in [0.15, 0.2) is 0 Å². The largest absolute Gasteiger partial charge is 0.313 e. The minimum Gasteiger partial charge on any atom is -0.313 e. The van der Waals surface area contributed by atoms with E-state index in [1.54, 1.807) is 0 Å². The molecule has 0 spiro atoms. The highest BCUT2D eigenvalue weighted by Gasteiger charge is 2.23. The highest BCUT2D eigenvalue weighted by molar-refractivity contribution is 6.10. The summed E-state index contributed by atoms with van der Waals surface area (Å²) in [7, 11) is 0. The maximum atomic E-state index is 2.49. The average Bonchev–Trinajstić information content (AvgIpc) is 3.94. The van der Waals surface area contributed by atoms with Gasteiger partial charge in [-0.05, 0) is 135 Å². The molecule has 0 N–H and O–H groups in total. The first kappa shape index (κ1) is 35.4. The number of aryl methyl sites for hydroxylation is 3. The fourth-order valence-corrected chi connectivity index (χ4v) is 10.3. The van der Waals surface area contributed by atoms with E-state index in [1.807, 2.05) is 0 Å². The van der Waals surface area contributed by atoms with E-state index in [-0.39, 0.29) is 0 Å². The second-order valence-corrected chi connectivity index (χ2v) is 16.6. The normalized spacial score (nSPS) is 12.6. The van der Waals surface area contributed by atoms with Gasteiger partial charge in [0.05, 0.1) is 27.6 Å². The lowest BCUT2D eigenvalue weighted by Crippen LogP contribution is -2.15. The number of fused-ring (bicyclic) bond motifs is 9. The van der Waals surface area contributed by atoms with Gasteiger partial charge in [0.25, 0.3) is 0 Å². The number of allylic oxidation sites excluding steroid dienone is 1. The molecule has 0 saturated heterocycles. The molecule has 61 heavy (non-hydrogen) atoms. The minimum atomic E-state index is 1.03. The third-order valence-corrected chi connectivity index (χ3v) is 13.0. The van der Waals surface area contributed by atoms with E-state index < -0.39 is 0 Å². The first-order valence-corrected chi connectivity index (χ1v) is 21.4. The van der Waals surface area contributed by atoms with Gasteiger partial charge in [-0.15, -0.1) is 0 Å². The fraction of sp³-hybridized carbons (Fsp3) is 0.0877. The molecule has 11 aromatic rings. The number of anilines is 3. The summed E-state index contributed by atoms with van der Waals surface area (Å²) in [5.74, 6) is 0. The molecule has 0 fully saturated rings. The van der Waals surface area contributed by atoms with Crippen LogP contribution in [0.4, 0.5) is 17.1 Å². The summed E-state index contributed by atoms with van der Waals surface area (Å²) >= 11 is 0. The van der Waals surface area contributed by atoms with Crippen LogP contribution >= 0.6 is 0 Å². The average molecular weight is 785 g/mol. The molecule has 0 amide bonds. The van der Waals surface area contributed by atoms with Gasteiger partial charge in [-0.2, -0.15) is 0 Å². The predicted molar refractivity (Wildman–Crippen MR) is 258 cm³/mol. The molecule has 1 aliphatic rings. The van der Waals surface area contributed by atoms with Gasteiger partial charge in [0, 0.05) is 72.3 Å². The molecule has 1 aliphatic carbocycles. The molecule has 0 radical (unpaired) electrons. The molecule has 8 aromatic carbocycles. The predicted octanol–water partition coefficient (Wildman–Crippen LogP) is 15.2. The van der Waals surface area contributed by atoms with E-state index in [0.29, 0.717) is 0 Å². The van der Waals surface area contributed by atoms with Crippen molar-refractivity contribution in [2.75, 3.05) is 4.90 Å². The molecule has 292 valence electrons. The van der Waals surface area contributed by atoms with E-state index >= 15 is 0 Å². The number of aromatic nitrogens is 3. The van der Waals surface area contributed by atoms with Crippen molar-refractivity contribution in [3.05, 3.63) is 210 Å². The minimum absolute atomic E-state index is 1.03. The van der Waals surface area contributed by atoms with E-state index in [1.165, 1.54) is 88.1 Å². The Balaban J connectivity index is 1.04. The molecule has 3 aromatic heterocycles. The van der Waals surface area contributed by atoms with Crippen LogP contribution in [0, 0.1) is 20.8 Å². The molecule has 12 rings (SSSR count). The van der Waals surface area contributed by atoms with E-state index in [9.17, 15) is 0 Å². The van der Waals surface area contributed by atoms with Crippen molar-refractivity contribution in [1.82, 2.24) is 13.7 Å². The van der Waals surface area contributed by atoms with Crippen molar-refractivity contribution in [3.8, 4) is 17.1 Å². The third kappa shape index (κ3) is 5.38. The van der Waals surface area contributed by atoms with Crippen molar-refractivity contribution in [1.29, 1.82) is 0 Å². The maximum Gasteiger partial charge on any atom is 0.0541 e. The molecule has 0 atom stereocenters. The number of nitrogens with zero attached hydrogens (tertiary/aromatic N) is 4. The van der Waals surface area contributed by atoms with Gasteiger partial charge in [0.1, 0.15) is 0 Å². The molecule has 4 heteroatoms. The van der Waals surface area contributed by atoms with Crippen molar-refractivity contribution < 1.29 is 0 Å². The van der Waals surface area contributed by atoms with Crippen molar-refractivity contribution in [2.45, 2.75) is 33.6 Å². The number of hydrogen-bond acceptors (Lipinski definition) is 1. The highest BCUT2D eigenvalue weighted by Crippen LogP contribution is 2.44. The second-order valence-electron chi connectivity index (χ2n) is 16.6. The van der Waals surface area contributed by atoms with Gasteiger partial charge in [-0.3, -0.25) is 0 Å². The van der Waals surface area contributed by atoms with E-state index in [4.69, 9.17) is 0 Å². The molecule has 0 aliphatic heterocycles. The van der Waals surface area contributed by atoms with Crippen molar-refractivity contribution >= 4 is 77.7 Å². The Morgan fingerprint density at radius 1 is 0.377 bits per heavy atom. The first-order valence-electron chi connectivity index (χ1n) is 21.4. The lowest BCUT2D eigenvalue weighted by molar-refractivity contribution is 0.888. The Morgan fingerprint density at radius 2 is 0.721 bits per heavy atom. The van der Waals surface area contributed by atoms with Crippen LogP contribution in [-0.2, 0) is 6.42 Å². The van der Waals surface area contributed by atoms with Gasteiger partial charge in [0.2, 0.25) is 0 Å². The monoisotopic (exact) mass is 784 g/mol. The van der Waals surface area contributed by atoms with Gasteiger partial charge < -0.3 is 18.6 Å². The summed E-state index contributed by atoms with van der Waals surface area (Å²) in [5.41, 5.74) is 19.5. The van der Waals surface area contributed by atoms with Crippen molar-refractivity contribution in [3.63, 3.8) is 0 Å². The third-order valence-electron chi connectivity index (χ3n) is 13.0. The lowest BCUT2D eigenvalue weighted by Gasteiger charge is -2.31. The van der Waals surface area contributed by atoms with Crippen LogP contribution in [-0.4, -0.2) is 13.7 Å². The summed E-state index contributed by atoms with van der Waals surface area (Å²) in [4.78, 5) is 2.49. The Bertz CT molecular complexity index is 3320.